The molecule has 0 N–H and O–H groups in total. The fourth-order valence-electron chi connectivity index (χ4n) is 15.9. The highest BCUT2D eigenvalue weighted by Gasteiger charge is 2.30. The molecular formula is C102H126. The fourth-order valence-corrected chi connectivity index (χ4v) is 15.9. The first-order valence-electron chi connectivity index (χ1n) is 41.6. The lowest BCUT2D eigenvalue weighted by Crippen LogP contribution is -2.03. The van der Waals surface area contributed by atoms with Crippen LogP contribution >= 0.6 is 0 Å². The van der Waals surface area contributed by atoms with E-state index in [-0.39, 0.29) is 0 Å². The van der Waals surface area contributed by atoms with Crippen LogP contribution in [0.5, 0.6) is 0 Å². The Bertz CT molecular complexity index is 3420. The van der Waals surface area contributed by atoms with E-state index in [9.17, 15) is 0 Å². The minimum Gasteiger partial charge on any atom is -0.0654 e. The third-order valence-corrected chi connectivity index (χ3v) is 22.0. The summed E-state index contributed by atoms with van der Waals surface area (Å²) in [5.74, 6) is 0. The van der Waals surface area contributed by atoms with Crippen LogP contribution in [0.15, 0.2) is 237 Å². The first kappa shape index (κ1) is 76.8. The third kappa shape index (κ3) is 24.1. The van der Waals surface area contributed by atoms with Gasteiger partial charge >= 0.3 is 0 Å². The van der Waals surface area contributed by atoms with Crippen LogP contribution in [0.25, 0.3) is 100 Å². The molecular weight excluding hydrogens is 1230 g/mol. The number of hydrogen-bond acceptors (Lipinski definition) is 0. The molecule has 10 rings (SSSR count). The minimum atomic E-state index is 1.10. The van der Waals surface area contributed by atoms with Crippen LogP contribution < -0.4 is 0 Å². The smallest absolute Gasteiger partial charge is 0.00139 e. The van der Waals surface area contributed by atoms with Crippen molar-refractivity contribution in [1.29, 1.82) is 0 Å². The van der Waals surface area contributed by atoms with Gasteiger partial charge in [-0.15, -0.1) is 0 Å². The lowest BCUT2D eigenvalue weighted by Gasteiger charge is -2.29. The Labute approximate surface area is 620 Å². The van der Waals surface area contributed by atoms with Crippen molar-refractivity contribution < 1.29 is 0 Å². The van der Waals surface area contributed by atoms with Crippen LogP contribution in [0.2, 0.25) is 0 Å². The molecule has 0 aliphatic heterocycles. The second kappa shape index (κ2) is 44.7. The zero-order valence-electron chi connectivity index (χ0n) is 63.6. The predicted octanol–water partition coefficient (Wildman–Crippen LogP) is 32.4. The van der Waals surface area contributed by atoms with Gasteiger partial charge in [0.2, 0.25) is 0 Å². The van der Waals surface area contributed by atoms with Crippen LogP contribution in [0.1, 0.15) is 269 Å². The molecule has 0 unspecified atom stereocenters. The van der Waals surface area contributed by atoms with Gasteiger partial charge in [-0.25, -0.2) is 0 Å². The molecule has 0 spiro atoms. The zero-order valence-corrected chi connectivity index (χ0v) is 63.6. The van der Waals surface area contributed by atoms with Gasteiger partial charge < -0.3 is 0 Å². The van der Waals surface area contributed by atoms with E-state index in [4.69, 9.17) is 0 Å². The Hall–Kier alpha value is -7.80. The Morgan fingerprint density at radius 1 is 0.127 bits per heavy atom. The lowest BCUT2D eigenvalue weighted by atomic mass is 9.73. The highest BCUT2D eigenvalue weighted by molar-refractivity contribution is 6.15. The molecule has 0 heteroatoms. The number of benzene rings is 10. The van der Waals surface area contributed by atoms with E-state index in [1.807, 2.05) is 0 Å². The largest absolute Gasteiger partial charge is 0.0654 e. The van der Waals surface area contributed by atoms with Gasteiger partial charge in [0.25, 0.3) is 0 Å². The zero-order chi connectivity index (χ0) is 70.3. The van der Waals surface area contributed by atoms with E-state index in [1.54, 1.807) is 0 Å². The number of hydrogen-bond donors (Lipinski definition) is 0. The predicted molar refractivity (Wildman–Crippen MR) is 450 cm³/mol. The van der Waals surface area contributed by atoms with Gasteiger partial charge in [0.15, 0.2) is 0 Å². The van der Waals surface area contributed by atoms with Crippen molar-refractivity contribution in [3.63, 3.8) is 0 Å². The molecule has 0 aliphatic carbocycles. The summed E-state index contributed by atoms with van der Waals surface area (Å²) in [4.78, 5) is 0. The van der Waals surface area contributed by atoms with Crippen LogP contribution in [0.4, 0.5) is 0 Å². The number of aryl methyl sites for hydroxylation is 3. The second-order valence-electron chi connectivity index (χ2n) is 30.1. The lowest BCUT2D eigenvalue weighted by molar-refractivity contribution is 0.544. The number of rotatable bonds is 48. The molecule has 0 aliphatic rings. The Kier molecular flexibility index (Phi) is 33.6. The molecule has 102 heavy (non-hydrogen) atoms. The van der Waals surface area contributed by atoms with E-state index in [0.717, 1.165) is 19.3 Å². The summed E-state index contributed by atoms with van der Waals surface area (Å²) in [6.07, 6.45) is 52.4. The summed E-state index contributed by atoms with van der Waals surface area (Å²) >= 11 is 0. The van der Waals surface area contributed by atoms with Gasteiger partial charge in [0.1, 0.15) is 0 Å². The molecule has 0 amide bonds. The van der Waals surface area contributed by atoms with Crippen molar-refractivity contribution in [2.45, 2.75) is 271 Å². The van der Waals surface area contributed by atoms with Crippen LogP contribution in [0.3, 0.4) is 0 Å². The average Bonchev–Trinajstić information content (AvgIpc) is 0.715. The van der Waals surface area contributed by atoms with Crippen molar-refractivity contribution >= 4 is 0 Å². The van der Waals surface area contributed by atoms with Gasteiger partial charge in [-0.2, -0.15) is 0 Å². The molecule has 0 bridgehead atoms. The molecule has 0 fully saturated rings. The summed E-state index contributed by atoms with van der Waals surface area (Å²) in [5.41, 5.74) is 26.7. The normalized spacial score (nSPS) is 11.4. The molecule has 0 saturated heterocycles. The molecule has 0 saturated carbocycles. The first-order valence-corrected chi connectivity index (χ1v) is 41.6. The molecule has 10 aromatic carbocycles. The van der Waals surface area contributed by atoms with Crippen LogP contribution in [-0.4, -0.2) is 0 Å². The Balaban J connectivity index is 1.09. The van der Waals surface area contributed by atoms with Crippen LogP contribution in [0, 0.1) is 0 Å². The van der Waals surface area contributed by atoms with E-state index in [0.29, 0.717) is 0 Å². The number of unbranched alkanes of at least 4 members (excludes halogenated alkanes) is 33. The Morgan fingerprint density at radius 3 is 0.441 bits per heavy atom. The van der Waals surface area contributed by atoms with Crippen LogP contribution in [-0.2, 0) is 19.3 Å². The molecule has 0 nitrogen and oxygen atoms in total. The van der Waals surface area contributed by atoms with Crippen molar-refractivity contribution in [3.8, 4) is 100 Å². The van der Waals surface area contributed by atoms with Gasteiger partial charge in [-0.3, -0.25) is 0 Å². The van der Waals surface area contributed by atoms with E-state index < -0.39 is 0 Å². The molecule has 0 atom stereocenters. The molecule has 0 heterocycles. The fraction of sp³-hybridized carbons (Fsp3) is 0.412. The third-order valence-electron chi connectivity index (χ3n) is 22.0. The highest BCUT2D eigenvalue weighted by atomic mass is 14.3. The topological polar surface area (TPSA) is 0 Å². The second-order valence-corrected chi connectivity index (χ2v) is 30.1. The molecule has 0 radical (unpaired) electrons. The van der Waals surface area contributed by atoms with Gasteiger partial charge in [-0.05, 0) is 155 Å². The monoisotopic (exact) mass is 1350 g/mol. The van der Waals surface area contributed by atoms with Crippen molar-refractivity contribution in [2.75, 3.05) is 0 Å². The Morgan fingerprint density at radius 2 is 0.265 bits per heavy atom. The molecule has 0 aromatic heterocycles. The summed E-state index contributed by atoms with van der Waals surface area (Å²) in [5, 5.41) is 0. The summed E-state index contributed by atoms with van der Waals surface area (Å²) in [6, 6.07) is 91.5. The minimum absolute atomic E-state index is 1.10. The standard InChI is InChI=1S/C102H126/c1-4-7-10-13-16-19-22-25-28-31-34-40-49-82-58-64-91(65-59-82)97-100(94-76-70-88(71-77-94)85-52-43-37-44-53-85)98(92-66-60-83(61-67-92)50-41-35-32-29-26-23-20-17-14-11-8-5-2)102(96-80-74-90(75-81-96)87-56-47-39-48-57-87)99(101(97)95-78-72-89(73-79-95)86-54-45-38-46-55-86)93-68-62-84(63-69-93)51-42-36-33-30-27-24-21-18-15-12-9-6-3/h37-39,43-48,52-81H,4-36,40-42,49-51H2,1-3H3. The summed E-state index contributed by atoms with van der Waals surface area (Å²) in [7, 11) is 0. The van der Waals surface area contributed by atoms with E-state index in [2.05, 4.69) is 257 Å². The maximum atomic E-state index is 2.49. The SMILES string of the molecule is CCCCCCCCCCCCCCc1ccc(-c2c(-c3ccc(-c4ccccc4)cc3)c(-c3ccc(CCCCCCCCCCCCCC)cc3)c(-c3ccc(-c4ccccc4)cc3)c(-c3ccc(CCCCCCCCCCCCCC)cc3)c2-c2ccc(-c3ccccc3)cc2)cc1. The molecule has 10 aromatic rings. The van der Waals surface area contributed by atoms with Crippen molar-refractivity contribution in [1.82, 2.24) is 0 Å². The van der Waals surface area contributed by atoms with Crippen molar-refractivity contribution in [2.24, 2.45) is 0 Å². The van der Waals surface area contributed by atoms with Gasteiger partial charge in [-0.1, -0.05) is 469 Å². The maximum absolute atomic E-state index is 2.49. The van der Waals surface area contributed by atoms with E-state index >= 15 is 0 Å². The highest BCUT2D eigenvalue weighted by Crippen LogP contribution is 2.56. The van der Waals surface area contributed by atoms with E-state index in [1.165, 1.54) is 348 Å². The maximum Gasteiger partial charge on any atom is -0.00139 e. The molecule has 534 valence electrons. The van der Waals surface area contributed by atoms with Crippen molar-refractivity contribution in [3.05, 3.63) is 253 Å². The van der Waals surface area contributed by atoms with Gasteiger partial charge in [0.05, 0.1) is 0 Å². The summed E-state index contributed by atoms with van der Waals surface area (Å²) < 4.78 is 0. The quantitative estimate of drug-likeness (QED) is 0.0334. The first-order chi connectivity index (χ1) is 50.6. The summed E-state index contributed by atoms with van der Waals surface area (Å²) in [6.45, 7) is 6.95. The average molecular weight is 1350 g/mol. The van der Waals surface area contributed by atoms with Gasteiger partial charge in [0, 0.05) is 0 Å².